The van der Waals surface area contributed by atoms with E-state index in [9.17, 15) is 9.59 Å². The maximum absolute atomic E-state index is 12.1. The molecule has 7 heteroatoms. The average molecular weight is 514 g/mol. The van der Waals surface area contributed by atoms with E-state index in [0.29, 0.717) is 42.9 Å². The molecule has 0 spiro atoms. The number of rotatable bonds is 12. The third-order valence-corrected chi connectivity index (χ3v) is 6.05. The average Bonchev–Trinajstić information content (AvgIpc) is 3.15. The molecule has 38 heavy (non-hydrogen) atoms. The first-order valence-electron chi connectivity index (χ1n) is 12.6. The van der Waals surface area contributed by atoms with Crippen LogP contribution in [0.15, 0.2) is 84.2 Å². The first-order valence-corrected chi connectivity index (χ1v) is 12.6. The van der Waals surface area contributed by atoms with E-state index >= 15 is 0 Å². The van der Waals surface area contributed by atoms with Crippen LogP contribution in [0, 0.1) is 0 Å². The molecular formula is C31H31NO6. The highest BCUT2D eigenvalue weighted by Gasteiger charge is 2.19. The molecule has 3 aromatic rings. The smallest absolute Gasteiger partial charge is 0.341 e. The second-order valence-electron chi connectivity index (χ2n) is 8.96. The van der Waals surface area contributed by atoms with E-state index in [-0.39, 0.29) is 11.5 Å². The van der Waals surface area contributed by atoms with Crippen LogP contribution >= 0.6 is 0 Å². The van der Waals surface area contributed by atoms with Gasteiger partial charge in [-0.3, -0.25) is 4.79 Å². The lowest BCUT2D eigenvalue weighted by Gasteiger charge is -2.18. The van der Waals surface area contributed by atoms with E-state index in [1.54, 1.807) is 12.1 Å². The van der Waals surface area contributed by atoms with Crippen LogP contribution in [0.5, 0.6) is 11.5 Å². The standard InChI is InChI=1S/C31H31NO6/c1-3-7-27-29(17-16-26(21(2)33)31(27)38-20-30(34)35)37-18-22-8-6-10-25(15-12-22)36-19-24-14-13-23-9-4-5-11-28(23)32-24/h4-6,8-14,16-17H,3,7,15,18-20H2,1-2H3,(H,34,35). The zero-order valence-corrected chi connectivity index (χ0v) is 21.6. The first-order chi connectivity index (χ1) is 18.4. The number of ketones is 1. The monoisotopic (exact) mass is 513 g/mol. The molecule has 4 rings (SSSR count). The van der Waals surface area contributed by atoms with Gasteiger partial charge in [-0.1, -0.05) is 55.8 Å². The molecule has 0 fully saturated rings. The first kappa shape index (κ1) is 26.7. The SMILES string of the molecule is CCCc1c(OCC2=CCC(OCc3ccc4ccccc4n3)=CC=C2)ccc(C(C)=O)c1OCC(=O)O. The quantitative estimate of drug-likeness (QED) is 0.287. The summed E-state index contributed by atoms with van der Waals surface area (Å²) in [7, 11) is 0. The molecule has 0 saturated carbocycles. The summed E-state index contributed by atoms with van der Waals surface area (Å²) >= 11 is 0. The van der Waals surface area contributed by atoms with E-state index in [2.05, 4.69) is 11.1 Å². The van der Waals surface area contributed by atoms with Gasteiger partial charge in [-0.25, -0.2) is 9.78 Å². The number of benzene rings is 2. The minimum atomic E-state index is -1.11. The molecule has 1 N–H and O–H groups in total. The van der Waals surface area contributed by atoms with Crippen molar-refractivity contribution < 1.29 is 28.9 Å². The van der Waals surface area contributed by atoms with Gasteiger partial charge in [0.15, 0.2) is 12.4 Å². The number of nitrogens with zero attached hydrogens (tertiary/aromatic N) is 1. The Bertz CT molecular complexity index is 1420. The van der Waals surface area contributed by atoms with Crippen molar-refractivity contribution >= 4 is 22.7 Å². The fraction of sp³-hybridized carbons (Fsp3) is 0.258. The van der Waals surface area contributed by atoms with Gasteiger partial charge in [0.1, 0.15) is 30.5 Å². The number of aliphatic carboxylic acids is 1. The summed E-state index contributed by atoms with van der Waals surface area (Å²) in [5.74, 6) is 0.380. The fourth-order valence-corrected chi connectivity index (χ4v) is 4.18. The Labute approximate surface area is 222 Å². The Hall–Kier alpha value is -4.39. The van der Waals surface area contributed by atoms with Crippen LogP contribution in [0.25, 0.3) is 10.9 Å². The summed E-state index contributed by atoms with van der Waals surface area (Å²) in [6.07, 6.45) is 9.86. The van der Waals surface area contributed by atoms with E-state index in [0.717, 1.165) is 34.3 Å². The number of fused-ring (bicyclic) bond motifs is 1. The summed E-state index contributed by atoms with van der Waals surface area (Å²) in [5, 5.41) is 10.2. The maximum atomic E-state index is 12.1. The van der Waals surface area contributed by atoms with Crippen LogP contribution in [-0.4, -0.2) is 35.1 Å². The van der Waals surface area contributed by atoms with Crippen molar-refractivity contribution in [1.29, 1.82) is 0 Å². The number of hydrogen-bond donors (Lipinski definition) is 1. The van der Waals surface area contributed by atoms with Gasteiger partial charge in [0, 0.05) is 17.4 Å². The third-order valence-electron chi connectivity index (χ3n) is 6.05. The van der Waals surface area contributed by atoms with E-state index < -0.39 is 12.6 Å². The number of hydrogen-bond acceptors (Lipinski definition) is 6. The highest BCUT2D eigenvalue weighted by Crippen LogP contribution is 2.34. The van der Waals surface area contributed by atoms with Crippen molar-refractivity contribution in [1.82, 2.24) is 4.98 Å². The van der Waals surface area contributed by atoms with Crippen LogP contribution in [0.4, 0.5) is 0 Å². The maximum Gasteiger partial charge on any atom is 0.341 e. The van der Waals surface area contributed by atoms with Crippen LogP contribution in [0.2, 0.25) is 0 Å². The van der Waals surface area contributed by atoms with Crippen molar-refractivity contribution in [3.63, 3.8) is 0 Å². The highest BCUT2D eigenvalue weighted by molar-refractivity contribution is 5.97. The van der Waals surface area contributed by atoms with Gasteiger partial charge in [0.2, 0.25) is 0 Å². The molecule has 0 radical (unpaired) electrons. The number of aromatic nitrogens is 1. The van der Waals surface area contributed by atoms with Gasteiger partial charge < -0.3 is 19.3 Å². The minimum Gasteiger partial charge on any atom is -0.491 e. The number of carbonyl (C=O) groups excluding carboxylic acids is 1. The predicted molar refractivity (Wildman–Crippen MR) is 146 cm³/mol. The molecule has 0 atom stereocenters. The Morgan fingerprint density at radius 2 is 1.84 bits per heavy atom. The number of para-hydroxylation sites is 1. The Kier molecular flexibility index (Phi) is 8.93. The van der Waals surface area contributed by atoms with Crippen molar-refractivity contribution in [2.24, 2.45) is 0 Å². The molecule has 1 aliphatic rings. The Morgan fingerprint density at radius 3 is 2.63 bits per heavy atom. The number of carboxylic acids is 1. The molecular weight excluding hydrogens is 482 g/mol. The summed E-state index contributed by atoms with van der Waals surface area (Å²) in [5.41, 5.74) is 3.82. The predicted octanol–water partition coefficient (Wildman–Crippen LogP) is 6.22. The lowest BCUT2D eigenvalue weighted by molar-refractivity contribution is -0.139. The topological polar surface area (TPSA) is 95.0 Å². The largest absolute Gasteiger partial charge is 0.491 e. The van der Waals surface area contributed by atoms with Gasteiger partial charge in [0.25, 0.3) is 0 Å². The van der Waals surface area contributed by atoms with Gasteiger partial charge in [-0.15, -0.1) is 0 Å². The zero-order chi connectivity index (χ0) is 26.9. The second-order valence-corrected chi connectivity index (χ2v) is 8.96. The summed E-state index contributed by atoms with van der Waals surface area (Å²) < 4.78 is 17.7. The Balaban J connectivity index is 1.41. The number of allylic oxidation sites excluding steroid dienone is 3. The molecule has 0 bridgehead atoms. The molecule has 7 nitrogen and oxygen atoms in total. The van der Waals surface area contributed by atoms with Gasteiger partial charge >= 0.3 is 5.97 Å². The van der Waals surface area contributed by atoms with Gasteiger partial charge in [-0.05, 0) is 49.3 Å². The summed E-state index contributed by atoms with van der Waals surface area (Å²) in [4.78, 5) is 27.9. The second kappa shape index (κ2) is 12.7. The molecule has 0 amide bonds. The number of ether oxygens (including phenoxy) is 3. The van der Waals surface area contributed by atoms with Crippen molar-refractivity contribution in [2.45, 2.75) is 39.7 Å². The van der Waals surface area contributed by atoms with Gasteiger partial charge in [-0.2, -0.15) is 0 Å². The number of carboxylic acid groups (broad SMARTS) is 1. The summed E-state index contributed by atoms with van der Waals surface area (Å²) in [6.45, 7) is 3.59. The van der Waals surface area contributed by atoms with Crippen LogP contribution in [0.3, 0.4) is 0 Å². The lowest BCUT2D eigenvalue weighted by Crippen LogP contribution is -2.14. The van der Waals surface area contributed by atoms with Crippen molar-refractivity contribution in [2.75, 3.05) is 13.2 Å². The molecule has 196 valence electrons. The van der Waals surface area contributed by atoms with E-state index in [1.165, 1.54) is 6.92 Å². The van der Waals surface area contributed by atoms with E-state index in [4.69, 9.17) is 19.3 Å². The molecule has 0 saturated heterocycles. The van der Waals surface area contributed by atoms with Crippen LogP contribution in [0.1, 0.15) is 48.3 Å². The van der Waals surface area contributed by atoms with E-state index in [1.807, 2.05) is 61.5 Å². The molecule has 1 aliphatic carbocycles. The van der Waals surface area contributed by atoms with Gasteiger partial charge in [0.05, 0.1) is 16.8 Å². The molecule has 1 aromatic heterocycles. The highest BCUT2D eigenvalue weighted by atomic mass is 16.5. The van der Waals surface area contributed by atoms with Crippen molar-refractivity contribution in [3.8, 4) is 11.5 Å². The third kappa shape index (κ3) is 6.88. The van der Waals surface area contributed by atoms with Crippen LogP contribution in [-0.2, 0) is 22.6 Å². The van der Waals surface area contributed by atoms with Crippen molar-refractivity contribution in [3.05, 3.63) is 101 Å². The van der Waals surface area contributed by atoms with Crippen LogP contribution < -0.4 is 9.47 Å². The number of carbonyl (C=O) groups is 2. The molecule has 0 unspecified atom stereocenters. The Morgan fingerprint density at radius 1 is 1.00 bits per heavy atom. The summed E-state index contributed by atoms with van der Waals surface area (Å²) in [6, 6.07) is 15.4. The lowest BCUT2D eigenvalue weighted by atomic mass is 10.0. The number of pyridine rings is 1. The normalized spacial score (nSPS) is 12.9. The fourth-order valence-electron chi connectivity index (χ4n) is 4.18. The minimum absolute atomic E-state index is 0.193. The zero-order valence-electron chi connectivity index (χ0n) is 21.6. The molecule has 2 aromatic carbocycles. The number of Topliss-reactive ketones (excluding diaryl/α,β-unsaturated/α-hetero) is 1. The molecule has 1 heterocycles. The molecule has 0 aliphatic heterocycles.